The van der Waals surface area contributed by atoms with Crippen molar-refractivity contribution >= 4 is 56.3 Å². The van der Waals surface area contributed by atoms with E-state index in [1.165, 1.54) is 4.57 Å². The summed E-state index contributed by atoms with van der Waals surface area (Å²) in [6.07, 6.45) is 1.73. The molecule has 0 spiro atoms. The number of ether oxygens (including phenoxy) is 2. The number of benzene rings is 3. The number of halogens is 1. The second-order valence-corrected chi connectivity index (χ2v) is 10.8. The number of hydrogen-bond acceptors (Lipinski definition) is 7. The third kappa shape index (κ3) is 5.04. The first kappa shape index (κ1) is 27.0. The van der Waals surface area contributed by atoms with E-state index in [2.05, 4.69) is 27.3 Å². The fraction of sp³-hybridized carbons (Fsp3) is 0.100. The van der Waals surface area contributed by atoms with E-state index in [9.17, 15) is 14.9 Å². The van der Waals surface area contributed by atoms with Crippen molar-refractivity contribution in [1.82, 2.24) is 4.57 Å². The Balaban J connectivity index is 1.77. The summed E-state index contributed by atoms with van der Waals surface area (Å²) in [4.78, 5) is 27.6. The highest BCUT2D eigenvalue weighted by Crippen LogP contribution is 2.37. The number of nitriles is 1. The van der Waals surface area contributed by atoms with Crippen molar-refractivity contribution in [1.29, 1.82) is 5.26 Å². The van der Waals surface area contributed by atoms with Crippen LogP contribution in [0.2, 0.25) is 0 Å². The van der Waals surface area contributed by atoms with Crippen LogP contribution in [-0.4, -0.2) is 24.7 Å². The second-order valence-electron chi connectivity index (χ2n) is 8.82. The van der Waals surface area contributed by atoms with Gasteiger partial charge in [-0.1, -0.05) is 40.2 Å². The number of rotatable bonds is 6. The predicted molar refractivity (Wildman–Crippen MR) is 159 cm³/mol. The van der Waals surface area contributed by atoms with Gasteiger partial charge in [0.2, 0.25) is 0 Å². The van der Waals surface area contributed by atoms with Crippen LogP contribution in [0.1, 0.15) is 17.0 Å². The molecule has 8 nitrogen and oxygen atoms in total. The van der Waals surface area contributed by atoms with Crippen molar-refractivity contribution in [2.75, 3.05) is 19.5 Å². The van der Waals surface area contributed by atoms with Crippen LogP contribution in [0.3, 0.4) is 0 Å². The SMILES string of the molecule is COc1ccc(/C=c2\sc3n(c2=O)C(N)=C(C#N)C(c2ccc(OC)cc2)C=3C(=O)Nc2ccc(Br)cc2)cc1. The number of carbonyl (C=O) groups is 1. The van der Waals surface area contributed by atoms with E-state index in [-0.39, 0.29) is 17.0 Å². The molecule has 1 aliphatic heterocycles. The molecule has 2 heterocycles. The Labute approximate surface area is 242 Å². The zero-order valence-corrected chi connectivity index (χ0v) is 23.9. The summed E-state index contributed by atoms with van der Waals surface area (Å²) in [5.41, 5.74) is 8.41. The Hall–Kier alpha value is -4.59. The van der Waals surface area contributed by atoms with Gasteiger partial charge in [-0.2, -0.15) is 5.26 Å². The second kappa shape index (κ2) is 11.3. The van der Waals surface area contributed by atoms with Gasteiger partial charge in [-0.05, 0) is 65.7 Å². The van der Waals surface area contributed by atoms with Gasteiger partial charge in [0.15, 0.2) is 0 Å². The highest BCUT2D eigenvalue weighted by atomic mass is 79.9. The summed E-state index contributed by atoms with van der Waals surface area (Å²) in [7, 11) is 3.14. The van der Waals surface area contributed by atoms with E-state index in [1.54, 1.807) is 68.8 Å². The van der Waals surface area contributed by atoms with E-state index < -0.39 is 17.4 Å². The molecule has 0 fully saturated rings. The first-order valence-electron chi connectivity index (χ1n) is 12.1. The first-order valence-corrected chi connectivity index (χ1v) is 13.7. The van der Waals surface area contributed by atoms with Gasteiger partial charge < -0.3 is 20.5 Å². The minimum absolute atomic E-state index is 0.00543. The van der Waals surface area contributed by atoms with Crippen molar-refractivity contribution in [3.05, 3.63) is 114 Å². The molecule has 1 amide bonds. The minimum atomic E-state index is -0.807. The topological polar surface area (TPSA) is 119 Å². The van der Waals surface area contributed by atoms with E-state index in [4.69, 9.17) is 15.2 Å². The lowest BCUT2D eigenvalue weighted by Gasteiger charge is -2.25. The number of fused-ring (bicyclic) bond motifs is 1. The number of amides is 1. The number of thiazole rings is 1. The summed E-state index contributed by atoms with van der Waals surface area (Å²) in [5, 5.41) is 13.2. The van der Waals surface area contributed by atoms with Crippen LogP contribution in [0.25, 0.3) is 17.5 Å². The lowest BCUT2D eigenvalue weighted by Crippen LogP contribution is -2.40. The van der Waals surface area contributed by atoms with Gasteiger partial charge in [0.25, 0.3) is 11.5 Å². The lowest BCUT2D eigenvalue weighted by atomic mass is 9.83. The smallest absolute Gasteiger partial charge is 0.274 e. The molecule has 0 saturated heterocycles. The molecule has 10 heteroatoms. The third-order valence-corrected chi connectivity index (χ3v) is 8.11. The van der Waals surface area contributed by atoms with Crippen molar-refractivity contribution in [3.63, 3.8) is 0 Å². The summed E-state index contributed by atoms with van der Waals surface area (Å²) in [6.45, 7) is 0. The van der Waals surface area contributed by atoms with Crippen molar-refractivity contribution in [2.45, 2.75) is 5.92 Å². The molecule has 4 aromatic rings. The molecule has 1 atom stereocenters. The normalized spacial score (nSPS) is 14.9. The standard InChI is InChI=1S/C30H23BrN4O4S/c1-38-21-11-3-17(4-12-21)15-24-29(37)35-27(33)23(16-32)25(18-5-13-22(39-2)14-6-18)26(30(35)40-24)28(36)34-20-9-7-19(31)8-10-20/h3-15,25H,33H2,1-2H3,(H,34,36)/b24-15-. The fourth-order valence-corrected chi connectivity index (χ4v) is 5.92. The molecule has 5 rings (SSSR count). The number of nitrogens with two attached hydrogens (primary N) is 1. The maximum Gasteiger partial charge on any atom is 0.274 e. The van der Waals surface area contributed by atoms with E-state index in [1.807, 2.05) is 24.3 Å². The van der Waals surface area contributed by atoms with Gasteiger partial charge in [0.05, 0.1) is 41.9 Å². The molecule has 0 aliphatic carbocycles. The van der Waals surface area contributed by atoms with Crippen molar-refractivity contribution in [2.24, 2.45) is 5.73 Å². The number of anilines is 1. The summed E-state index contributed by atoms with van der Waals surface area (Å²) in [5.74, 6) is 0.0508. The monoisotopic (exact) mass is 614 g/mol. The number of carbonyl (C=O) groups excluding carboxylic acids is 1. The molecule has 0 saturated carbocycles. The third-order valence-electron chi connectivity index (χ3n) is 6.48. The van der Waals surface area contributed by atoms with Gasteiger partial charge in [-0.15, -0.1) is 11.3 Å². The van der Waals surface area contributed by atoms with Crippen LogP contribution in [-0.2, 0) is 4.79 Å². The minimum Gasteiger partial charge on any atom is -0.497 e. The summed E-state index contributed by atoms with van der Waals surface area (Å²) < 4.78 is 13.4. The van der Waals surface area contributed by atoms with Gasteiger partial charge in [-0.3, -0.25) is 14.2 Å². The summed E-state index contributed by atoms with van der Waals surface area (Å²) in [6, 6.07) is 23.6. The van der Waals surface area contributed by atoms with Gasteiger partial charge in [-0.25, -0.2) is 0 Å². The van der Waals surface area contributed by atoms with E-state index in [0.717, 1.165) is 21.4 Å². The molecular weight excluding hydrogens is 592 g/mol. The van der Waals surface area contributed by atoms with E-state index >= 15 is 0 Å². The lowest BCUT2D eigenvalue weighted by molar-refractivity contribution is -0.111. The average Bonchev–Trinajstić information content (AvgIpc) is 3.29. The zero-order chi connectivity index (χ0) is 28.4. The van der Waals surface area contributed by atoms with E-state index in [0.29, 0.717) is 31.9 Å². The van der Waals surface area contributed by atoms with Gasteiger partial charge in [0, 0.05) is 10.2 Å². The van der Waals surface area contributed by atoms with Crippen LogP contribution in [0, 0.1) is 11.3 Å². The Morgan fingerprint density at radius 3 is 2.20 bits per heavy atom. The largest absolute Gasteiger partial charge is 0.497 e. The van der Waals surface area contributed by atoms with Gasteiger partial charge >= 0.3 is 0 Å². The molecule has 0 bridgehead atoms. The van der Waals surface area contributed by atoms with Crippen LogP contribution in [0.4, 0.5) is 5.69 Å². The van der Waals surface area contributed by atoms with Crippen molar-refractivity contribution in [3.8, 4) is 17.6 Å². The molecule has 3 aromatic carbocycles. The number of methoxy groups -OCH3 is 2. The molecule has 1 aromatic heterocycles. The number of aromatic nitrogens is 1. The Morgan fingerprint density at radius 1 is 1.02 bits per heavy atom. The molecule has 1 unspecified atom stereocenters. The molecule has 1 aliphatic rings. The quantitative estimate of drug-likeness (QED) is 0.341. The van der Waals surface area contributed by atoms with Crippen LogP contribution >= 0.6 is 27.3 Å². The van der Waals surface area contributed by atoms with Crippen molar-refractivity contribution < 1.29 is 14.3 Å². The molecule has 3 N–H and O–H groups in total. The molecule has 0 radical (unpaired) electrons. The maximum absolute atomic E-state index is 13.9. The fourth-order valence-electron chi connectivity index (χ4n) is 4.48. The molecular formula is C30H23BrN4O4S. The van der Waals surface area contributed by atoms with Gasteiger partial charge in [0.1, 0.15) is 22.0 Å². The number of nitrogens with zero attached hydrogens (tertiary/aromatic N) is 2. The van der Waals surface area contributed by atoms with Crippen LogP contribution in [0.5, 0.6) is 11.5 Å². The highest BCUT2D eigenvalue weighted by molar-refractivity contribution is 9.10. The van der Waals surface area contributed by atoms with Crippen LogP contribution < -0.4 is 35.3 Å². The number of hydrogen-bond donors (Lipinski definition) is 2. The predicted octanol–water partition coefficient (Wildman–Crippen LogP) is 3.76. The number of allylic oxidation sites excluding steroid dienone is 1. The Kier molecular flexibility index (Phi) is 7.60. The highest BCUT2D eigenvalue weighted by Gasteiger charge is 2.35. The van der Waals surface area contributed by atoms with Crippen LogP contribution in [0.15, 0.2) is 87.6 Å². The summed E-state index contributed by atoms with van der Waals surface area (Å²) >= 11 is 4.55. The maximum atomic E-state index is 13.9. The average molecular weight is 616 g/mol. The Bertz CT molecular complexity index is 1850. The number of nitrogens with one attached hydrogen (secondary N) is 1. The zero-order valence-electron chi connectivity index (χ0n) is 21.5. The molecule has 200 valence electrons. The Morgan fingerprint density at radius 2 is 1.62 bits per heavy atom. The molecule has 40 heavy (non-hydrogen) atoms. The first-order chi connectivity index (χ1) is 19.3.